The van der Waals surface area contributed by atoms with Crippen LogP contribution in [0.1, 0.15) is 35.7 Å². The van der Waals surface area contributed by atoms with Crippen LogP contribution in [0.15, 0.2) is 63.8 Å². The summed E-state index contributed by atoms with van der Waals surface area (Å²) in [7, 11) is 0. The Bertz CT molecular complexity index is 780. The number of rotatable bonds is 6. The fourth-order valence-corrected chi connectivity index (χ4v) is 2.38. The quantitative estimate of drug-likeness (QED) is 0.726. The molecule has 0 aliphatic carbocycles. The number of amides is 1. The summed E-state index contributed by atoms with van der Waals surface area (Å²) in [6.45, 7) is 1.81. The van der Waals surface area contributed by atoms with Crippen LogP contribution in [0.25, 0.3) is 11.5 Å². The van der Waals surface area contributed by atoms with Crippen LogP contribution in [0.4, 0.5) is 0 Å². The van der Waals surface area contributed by atoms with Gasteiger partial charge in [0.1, 0.15) is 18.1 Å². The van der Waals surface area contributed by atoms with Crippen LogP contribution in [0, 0.1) is 0 Å². The van der Waals surface area contributed by atoms with E-state index in [-0.39, 0.29) is 17.6 Å². The van der Waals surface area contributed by atoms with Gasteiger partial charge in [-0.1, -0.05) is 18.2 Å². The number of hydrogen-bond donors (Lipinski definition) is 2. The van der Waals surface area contributed by atoms with E-state index < -0.39 is 6.10 Å². The number of carbonyl (C=O) groups excluding carboxylic acids is 1. The van der Waals surface area contributed by atoms with Gasteiger partial charge in [-0.05, 0) is 31.2 Å². The zero-order valence-electron chi connectivity index (χ0n) is 13.2. The number of furan rings is 1. The number of aliphatic hydroxyl groups is 1. The van der Waals surface area contributed by atoms with Crippen molar-refractivity contribution in [3.05, 3.63) is 66.4 Å². The Kier molecular flexibility index (Phi) is 4.77. The fourth-order valence-electron chi connectivity index (χ4n) is 2.38. The van der Waals surface area contributed by atoms with E-state index in [1.165, 1.54) is 12.5 Å². The molecule has 0 spiro atoms. The first-order chi connectivity index (χ1) is 11.6. The Morgan fingerprint density at radius 2 is 2.00 bits per heavy atom. The van der Waals surface area contributed by atoms with Gasteiger partial charge in [-0.3, -0.25) is 4.79 Å². The highest BCUT2D eigenvalue weighted by molar-refractivity contribution is 5.92. The lowest BCUT2D eigenvalue weighted by atomic mass is 10.1. The molecule has 24 heavy (non-hydrogen) atoms. The molecule has 2 aromatic heterocycles. The number of carbonyl (C=O) groups is 1. The second kappa shape index (κ2) is 7.14. The maximum absolute atomic E-state index is 12.2. The van der Waals surface area contributed by atoms with Crippen molar-refractivity contribution in [3.8, 4) is 11.5 Å². The van der Waals surface area contributed by atoms with Crippen LogP contribution in [-0.4, -0.2) is 22.0 Å². The zero-order chi connectivity index (χ0) is 16.9. The standard InChI is InChI=1S/C18H18N2O4/c1-12(10-15(21)16-8-5-9-23-16)19-17(22)14-11-24-18(20-14)13-6-3-2-4-7-13/h2-9,11-12,15,21H,10H2,1H3,(H,19,22). The van der Waals surface area contributed by atoms with Gasteiger partial charge in [0, 0.05) is 18.0 Å². The lowest BCUT2D eigenvalue weighted by Crippen LogP contribution is -2.33. The molecule has 2 heterocycles. The summed E-state index contributed by atoms with van der Waals surface area (Å²) in [6.07, 6.45) is 2.39. The Hall–Kier alpha value is -2.86. The van der Waals surface area contributed by atoms with Crippen molar-refractivity contribution in [2.75, 3.05) is 0 Å². The molecule has 124 valence electrons. The van der Waals surface area contributed by atoms with Crippen molar-refractivity contribution in [2.45, 2.75) is 25.5 Å². The first-order valence-electron chi connectivity index (χ1n) is 7.67. The second-order valence-electron chi connectivity index (χ2n) is 5.55. The molecule has 0 saturated heterocycles. The summed E-state index contributed by atoms with van der Waals surface area (Å²) in [5.74, 6) is 0.521. The van der Waals surface area contributed by atoms with Crippen LogP contribution in [0.3, 0.4) is 0 Å². The van der Waals surface area contributed by atoms with Crippen molar-refractivity contribution >= 4 is 5.91 Å². The first kappa shape index (κ1) is 16.0. The highest BCUT2D eigenvalue weighted by Gasteiger charge is 2.19. The summed E-state index contributed by atoms with van der Waals surface area (Å²) in [6, 6.07) is 12.5. The van der Waals surface area contributed by atoms with Crippen molar-refractivity contribution in [1.29, 1.82) is 0 Å². The predicted octanol–water partition coefficient (Wildman–Crippen LogP) is 3.18. The van der Waals surface area contributed by atoms with Crippen LogP contribution in [0.2, 0.25) is 0 Å². The molecule has 1 amide bonds. The molecule has 0 aliphatic heterocycles. The second-order valence-corrected chi connectivity index (χ2v) is 5.55. The van der Waals surface area contributed by atoms with E-state index in [9.17, 15) is 9.90 Å². The summed E-state index contributed by atoms with van der Waals surface area (Å²) in [4.78, 5) is 16.4. The van der Waals surface area contributed by atoms with Gasteiger partial charge in [0.15, 0.2) is 5.69 Å². The minimum Gasteiger partial charge on any atom is -0.467 e. The number of aliphatic hydroxyl groups excluding tert-OH is 1. The largest absolute Gasteiger partial charge is 0.467 e. The van der Waals surface area contributed by atoms with Gasteiger partial charge in [-0.25, -0.2) is 4.98 Å². The van der Waals surface area contributed by atoms with Crippen molar-refractivity contribution < 1.29 is 18.7 Å². The molecule has 2 atom stereocenters. The number of nitrogens with zero attached hydrogens (tertiary/aromatic N) is 1. The Morgan fingerprint density at radius 3 is 2.71 bits per heavy atom. The molecule has 0 radical (unpaired) electrons. The molecule has 1 aromatic carbocycles. The molecular formula is C18H18N2O4. The Balaban J connectivity index is 1.60. The maximum atomic E-state index is 12.2. The molecule has 2 N–H and O–H groups in total. The maximum Gasteiger partial charge on any atom is 0.273 e. The van der Waals surface area contributed by atoms with E-state index in [4.69, 9.17) is 8.83 Å². The summed E-state index contributed by atoms with van der Waals surface area (Å²) < 4.78 is 10.5. The number of oxazole rings is 1. The molecular weight excluding hydrogens is 308 g/mol. The van der Waals surface area contributed by atoms with E-state index in [0.717, 1.165) is 5.56 Å². The van der Waals surface area contributed by atoms with Crippen LogP contribution in [-0.2, 0) is 0 Å². The van der Waals surface area contributed by atoms with Gasteiger partial charge in [0.05, 0.1) is 6.26 Å². The van der Waals surface area contributed by atoms with Crippen LogP contribution in [0.5, 0.6) is 0 Å². The number of aromatic nitrogens is 1. The van der Waals surface area contributed by atoms with Gasteiger partial charge in [0.2, 0.25) is 5.89 Å². The zero-order valence-corrected chi connectivity index (χ0v) is 13.2. The highest BCUT2D eigenvalue weighted by atomic mass is 16.4. The summed E-state index contributed by atoms with van der Waals surface area (Å²) in [5.41, 5.74) is 1.01. The lowest BCUT2D eigenvalue weighted by Gasteiger charge is -2.15. The molecule has 0 aliphatic rings. The molecule has 0 saturated carbocycles. The number of nitrogens with one attached hydrogen (secondary N) is 1. The minimum absolute atomic E-state index is 0.202. The van der Waals surface area contributed by atoms with Gasteiger partial charge < -0.3 is 19.3 Å². The third-order valence-corrected chi connectivity index (χ3v) is 3.58. The third kappa shape index (κ3) is 3.72. The molecule has 0 bridgehead atoms. The van der Waals surface area contributed by atoms with Crippen LogP contribution < -0.4 is 5.32 Å². The first-order valence-corrected chi connectivity index (χ1v) is 7.67. The fraction of sp³-hybridized carbons (Fsp3) is 0.222. The van der Waals surface area contributed by atoms with E-state index in [0.29, 0.717) is 18.1 Å². The van der Waals surface area contributed by atoms with Crippen molar-refractivity contribution in [1.82, 2.24) is 10.3 Å². The third-order valence-electron chi connectivity index (χ3n) is 3.58. The van der Waals surface area contributed by atoms with Gasteiger partial charge >= 0.3 is 0 Å². The molecule has 2 unspecified atom stereocenters. The van der Waals surface area contributed by atoms with Crippen LogP contribution >= 0.6 is 0 Å². The summed E-state index contributed by atoms with van der Waals surface area (Å²) in [5, 5.41) is 12.8. The SMILES string of the molecule is CC(CC(O)c1ccco1)NC(=O)c1coc(-c2ccccc2)n1. The number of hydrogen-bond acceptors (Lipinski definition) is 5. The average molecular weight is 326 g/mol. The smallest absolute Gasteiger partial charge is 0.273 e. The molecule has 0 fully saturated rings. The molecule has 6 heteroatoms. The van der Waals surface area contributed by atoms with E-state index >= 15 is 0 Å². The molecule has 3 aromatic rings. The Labute approximate surface area is 139 Å². The van der Waals surface area contributed by atoms with E-state index in [1.807, 2.05) is 37.3 Å². The monoisotopic (exact) mass is 326 g/mol. The van der Waals surface area contributed by atoms with Crippen molar-refractivity contribution in [2.24, 2.45) is 0 Å². The van der Waals surface area contributed by atoms with E-state index in [1.54, 1.807) is 12.1 Å². The van der Waals surface area contributed by atoms with Gasteiger partial charge in [-0.15, -0.1) is 0 Å². The topological polar surface area (TPSA) is 88.5 Å². The van der Waals surface area contributed by atoms with Crippen molar-refractivity contribution in [3.63, 3.8) is 0 Å². The predicted molar refractivity (Wildman–Crippen MR) is 87.2 cm³/mol. The molecule has 6 nitrogen and oxygen atoms in total. The average Bonchev–Trinajstić information content (AvgIpc) is 3.27. The molecule has 3 rings (SSSR count). The minimum atomic E-state index is -0.771. The van der Waals surface area contributed by atoms with E-state index in [2.05, 4.69) is 10.3 Å². The lowest BCUT2D eigenvalue weighted by molar-refractivity contribution is 0.0898. The summed E-state index contributed by atoms with van der Waals surface area (Å²) >= 11 is 0. The normalized spacial score (nSPS) is 13.4. The van der Waals surface area contributed by atoms with Gasteiger partial charge in [-0.2, -0.15) is 0 Å². The Morgan fingerprint density at radius 1 is 1.21 bits per heavy atom. The highest BCUT2D eigenvalue weighted by Crippen LogP contribution is 2.20. The number of benzene rings is 1. The van der Waals surface area contributed by atoms with Gasteiger partial charge in [0.25, 0.3) is 5.91 Å².